The van der Waals surface area contributed by atoms with Gasteiger partial charge in [0.25, 0.3) is 0 Å². The van der Waals surface area contributed by atoms with Crippen molar-refractivity contribution in [3.8, 4) is 0 Å². The lowest BCUT2D eigenvalue weighted by Crippen LogP contribution is -2.90. The highest BCUT2D eigenvalue weighted by Crippen LogP contribution is 2.59. The molecule has 0 spiro atoms. The quantitative estimate of drug-likeness (QED) is 0.326. The molecule has 1 heterocycles. The van der Waals surface area contributed by atoms with Crippen LogP contribution in [0.2, 0.25) is 36.3 Å². The van der Waals surface area contributed by atoms with E-state index < -0.39 is 45.1 Å². The van der Waals surface area contributed by atoms with E-state index >= 15 is 0 Å². The SMILES string of the molecule is CO[C@H]1O[C@H](C)[C@@H](OC(=O)C[C@@H](C)C(C)(C)C)[C@@](O)([Si](C)(C)C(C)(C)C)[C@]1(O)[Si](C)(C)C(C)(C)C. The zero-order valence-electron chi connectivity index (χ0n) is 25.5. The van der Waals surface area contributed by atoms with Crippen LogP contribution >= 0.6 is 0 Å². The highest BCUT2D eigenvalue weighted by Gasteiger charge is 2.79. The third-order valence-corrected chi connectivity index (χ3v) is 23.0. The molecular formula is C27H56O6Si2. The average molecular weight is 533 g/mol. The van der Waals surface area contributed by atoms with Crippen molar-refractivity contribution in [3.05, 3.63) is 0 Å². The van der Waals surface area contributed by atoms with Gasteiger partial charge in [0.2, 0.25) is 0 Å². The second-order valence-corrected chi connectivity index (χ2v) is 26.1. The number of carbonyl (C=O) groups excluding carboxylic acids is 1. The minimum atomic E-state index is -2.86. The molecule has 35 heavy (non-hydrogen) atoms. The monoisotopic (exact) mass is 532 g/mol. The van der Waals surface area contributed by atoms with Gasteiger partial charge in [0.05, 0.1) is 14.2 Å². The van der Waals surface area contributed by atoms with E-state index in [0.717, 1.165) is 0 Å². The smallest absolute Gasteiger partial charge is 0.306 e. The molecule has 0 aromatic heterocycles. The van der Waals surface area contributed by atoms with Gasteiger partial charge in [-0.05, 0) is 28.3 Å². The Bertz CT molecular complexity index is 761. The molecule has 0 amide bonds. The predicted molar refractivity (Wildman–Crippen MR) is 149 cm³/mol. The Kier molecular flexibility index (Phi) is 9.18. The maximum absolute atomic E-state index is 13.3. The molecule has 1 aliphatic heterocycles. The van der Waals surface area contributed by atoms with Gasteiger partial charge in [-0.2, -0.15) is 0 Å². The maximum Gasteiger partial charge on any atom is 0.306 e. The first kappa shape index (κ1) is 32.8. The Labute approximate surface area is 217 Å². The van der Waals surface area contributed by atoms with Gasteiger partial charge in [0.15, 0.2) is 12.4 Å². The van der Waals surface area contributed by atoms with E-state index in [1.165, 1.54) is 7.11 Å². The zero-order chi connectivity index (χ0) is 28.2. The van der Waals surface area contributed by atoms with Crippen molar-refractivity contribution in [1.82, 2.24) is 0 Å². The van der Waals surface area contributed by atoms with Crippen molar-refractivity contribution in [2.45, 2.75) is 148 Å². The number of methoxy groups -OCH3 is 1. The Morgan fingerprint density at radius 2 is 1.31 bits per heavy atom. The van der Waals surface area contributed by atoms with Gasteiger partial charge in [-0.1, -0.05) is 95.4 Å². The van der Waals surface area contributed by atoms with Crippen LogP contribution in [-0.2, 0) is 19.0 Å². The standard InChI is InChI=1S/C27H56O6Si2/c1-18(23(3,4)5)17-20(28)33-21-19(2)32-22(31-12)27(30,35(15,16)25(9,10)11)26(21,29)34(13,14)24(6,7)8/h18-19,21-22,29-30H,17H2,1-16H3/t18-,19-,21-,22+,26-,27-/m1/s1. The molecule has 1 fully saturated rings. The van der Waals surface area contributed by atoms with E-state index in [1.54, 1.807) is 6.92 Å². The minimum absolute atomic E-state index is 0.0630. The van der Waals surface area contributed by atoms with E-state index in [0.29, 0.717) is 0 Å². The fourth-order valence-electron chi connectivity index (χ4n) is 5.00. The fraction of sp³-hybridized carbons (Fsp3) is 0.963. The first-order valence-corrected chi connectivity index (χ1v) is 19.1. The highest BCUT2D eigenvalue weighted by molar-refractivity contribution is 6.89. The summed E-state index contributed by atoms with van der Waals surface area (Å²) in [5.41, 5.74) is -0.0630. The first-order valence-electron chi connectivity index (χ1n) is 13.1. The third kappa shape index (κ3) is 5.22. The summed E-state index contributed by atoms with van der Waals surface area (Å²) in [6.07, 6.45) is -2.49. The summed E-state index contributed by atoms with van der Waals surface area (Å²) < 4.78 is 18.3. The van der Waals surface area contributed by atoms with Crippen LogP contribution in [0.1, 0.15) is 82.6 Å². The van der Waals surface area contributed by atoms with Gasteiger partial charge in [-0.15, -0.1) is 0 Å². The minimum Gasteiger partial charge on any atom is -0.457 e. The Morgan fingerprint density at radius 3 is 1.66 bits per heavy atom. The van der Waals surface area contributed by atoms with Crippen molar-refractivity contribution in [2.75, 3.05) is 7.11 Å². The van der Waals surface area contributed by atoms with Crippen LogP contribution in [-0.4, -0.2) is 68.4 Å². The number of hydrogen-bond donors (Lipinski definition) is 2. The molecule has 1 aliphatic rings. The molecule has 0 aliphatic carbocycles. The van der Waals surface area contributed by atoms with Crippen molar-refractivity contribution in [3.63, 3.8) is 0 Å². The van der Waals surface area contributed by atoms with Crippen LogP contribution in [0, 0.1) is 11.3 Å². The van der Waals surface area contributed by atoms with Crippen LogP contribution in [0.5, 0.6) is 0 Å². The number of carbonyl (C=O) groups is 1. The summed E-state index contributed by atoms with van der Waals surface area (Å²) >= 11 is 0. The van der Waals surface area contributed by atoms with E-state index in [-0.39, 0.29) is 33.8 Å². The molecule has 1 rings (SSSR count). The number of aliphatic hydroxyl groups is 2. The maximum atomic E-state index is 13.3. The van der Waals surface area contributed by atoms with E-state index in [9.17, 15) is 15.0 Å². The second kappa shape index (κ2) is 9.80. The van der Waals surface area contributed by atoms with Crippen molar-refractivity contribution < 1.29 is 29.2 Å². The normalized spacial score (nSPS) is 32.3. The second-order valence-electron chi connectivity index (χ2n) is 15.1. The number of ether oxygens (including phenoxy) is 3. The lowest BCUT2D eigenvalue weighted by molar-refractivity contribution is -0.324. The molecule has 0 saturated carbocycles. The number of rotatable bonds is 6. The largest absolute Gasteiger partial charge is 0.457 e. The van der Waals surface area contributed by atoms with Crippen LogP contribution < -0.4 is 0 Å². The van der Waals surface area contributed by atoms with Crippen LogP contribution in [0.15, 0.2) is 0 Å². The fourth-order valence-corrected chi connectivity index (χ4v) is 13.1. The molecule has 0 aromatic carbocycles. The zero-order valence-corrected chi connectivity index (χ0v) is 27.5. The van der Waals surface area contributed by atoms with Gasteiger partial charge in [-0.3, -0.25) is 4.79 Å². The van der Waals surface area contributed by atoms with Gasteiger partial charge >= 0.3 is 5.97 Å². The molecule has 6 nitrogen and oxygen atoms in total. The van der Waals surface area contributed by atoms with Crippen molar-refractivity contribution in [1.29, 1.82) is 0 Å². The van der Waals surface area contributed by atoms with E-state index in [2.05, 4.69) is 88.5 Å². The predicted octanol–water partition coefficient (Wildman–Crippen LogP) is 5.92. The Morgan fingerprint density at radius 1 is 0.914 bits per heavy atom. The van der Waals surface area contributed by atoms with Gasteiger partial charge in [0, 0.05) is 13.5 Å². The average Bonchev–Trinajstić information content (AvgIpc) is 2.64. The summed E-state index contributed by atoms with van der Waals surface area (Å²) in [5.74, 6) is -0.291. The lowest BCUT2D eigenvalue weighted by atomic mass is 9.80. The van der Waals surface area contributed by atoms with Crippen LogP contribution in [0.3, 0.4) is 0 Å². The molecule has 0 unspecified atom stereocenters. The van der Waals surface area contributed by atoms with Crippen molar-refractivity contribution >= 4 is 22.1 Å². The Hall–Kier alpha value is -0.256. The summed E-state index contributed by atoms with van der Waals surface area (Å²) in [5, 5.41) is 22.0. The van der Waals surface area contributed by atoms with Crippen LogP contribution in [0.4, 0.5) is 0 Å². The summed E-state index contributed by atoms with van der Waals surface area (Å²) in [4.78, 5) is 13.3. The van der Waals surface area contributed by atoms with E-state index in [4.69, 9.17) is 14.2 Å². The molecule has 2 N–H and O–H groups in total. The summed E-state index contributed by atoms with van der Waals surface area (Å²) in [6.45, 7) is 31.1. The van der Waals surface area contributed by atoms with Gasteiger partial charge < -0.3 is 24.4 Å². The van der Waals surface area contributed by atoms with E-state index in [1.807, 2.05) is 6.92 Å². The van der Waals surface area contributed by atoms with Gasteiger partial charge in [0.1, 0.15) is 18.5 Å². The lowest BCUT2D eigenvalue weighted by Gasteiger charge is -2.68. The highest BCUT2D eigenvalue weighted by atomic mass is 28.3. The molecule has 0 bridgehead atoms. The molecule has 0 aromatic rings. The first-order chi connectivity index (χ1) is 15.2. The molecule has 6 atom stereocenters. The molecule has 0 radical (unpaired) electrons. The molecule has 208 valence electrons. The van der Waals surface area contributed by atoms with Crippen LogP contribution in [0.25, 0.3) is 0 Å². The molecular weight excluding hydrogens is 476 g/mol. The Balaban J connectivity index is 3.91. The summed E-state index contributed by atoms with van der Waals surface area (Å²) in [7, 11) is -4.16. The topological polar surface area (TPSA) is 85.2 Å². The molecule has 1 saturated heterocycles. The molecule has 8 heteroatoms. The van der Waals surface area contributed by atoms with Crippen molar-refractivity contribution in [2.24, 2.45) is 11.3 Å². The van der Waals surface area contributed by atoms with Gasteiger partial charge in [-0.25, -0.2) is 0 Å². The number of esters is 1. The summed E-state index contributed by atoms with van der Waals surface area (Å²) in [6, 6.07) is 0. The third-order valence-electron chi connectivity index (χ3n) is 10.2. The number of hydrogen-bond acceptors (Lipinski definition) is 6.